The zero-order chi connectivity index (χ0) is 13.1. The second-order valence-corrected chi connectivity index (χ2v) is 6.14. The Morgan fingerprint density at radius 1 is 1.16 bits per heavy atom. The molecule has 0 fully saturated rings. The van der Waals surface area contributed by atoms with Gasteiger partial charge in [0.25, 0.3) is 0 Å². The molecule has 2 aromatic rings. The summed E-state index contributed by atoms with van der Waals surface area (Å²) in [4.78, 5) is 0. The van der Waals surface area contributed by atoms with E-state index in [9.17, 15) is 0 Å². The number of rotatable bonds is 4. The minimum Gasteiger partial charge on any atom is -0.361 e. The predicted octanol–water partition coefficient (Wildman–Crippen LogP) is 4.30. The average Bonchev–Trinajstić information content (AvgIpc) is 2.85. The molecule has 0 saturated heterocycles. The Morgan fingerprint density at radius 3 is 2.89 bits per heavy atom. The number of thioether (sulfide) groups is 1. The maximum Gasteiger partial charge on any atom is 0.140 e. The molecule has 0 aliphatic heterocycles. The number of hydrogen-bond acceptors (Lipinski definition) is 3. The van der Waals surface area contributed by atoms with Crippen LogP contribution in [0.15, 0.2) is 28.8 Å². The number of nitrogens with zero attached hydrogens (tertiary/aromatic N) is 1. The lowest BCUT2D eigenvalue weighted by Gasteiger charge is -2.09. The Labute approximate surface area is 118 Å². The van der Waals surface area contributed by atoms with Gasteiger partial charge in [-0.1, -0.05) is 29.4 Å². The molecule has 100 valence electrons. The van der Waals surface area contributed by atoms with Gasteiger partial charge in [0.1, 0.15) is 5.76 Å². The van der Waals surface area contributed by atoms with Crippen LogP contribution in [0, 0.1) is 6.92 Å². The molecule has 3 heteroatoms. The predicted molar refractivity (Wildman–Crippen MR) is 79.3 cm³/mol. The third-order valence-electron chi connectivity index (χ3n) is 3.79. The van der Waals surface area contributed by atoms with E-state index in [0.29, 0.717) is 0 Å². The number of aromatic nitrogens is 1. The summed E-state index contributed by atoms with van der Waals surface area (Å²) in [6, 6.07) is 8.59. The fourth-order valence-corrected chi connectivity index (χ4v) is 3.66. The van der Waals surface area contributed by atoms with Crippen molar-refractivity contribution in [1.82, 2.24) is 5.16 Å². The molecule has 0 spiro atoms. The molecule has 1 aliphatic carbocycles. The van der Waals surface area contributed by atoms with E-state index in [4.69, 9.17) is 4.52 Å². The largest absolute Gasteiger partial charge is 0.361 e. The maximum absolute atomic E-state index is 5.45. The van der Waals surface area contributed by atoms with Crippen LogP contribution in [0.25, 0.3) is 0 Å². The maximum atomic E-state index is 5.45. The van der Waals surface area contributed by atoms with Crippen LogP contribution >= 0.6 is 11.8 Å². The molecular formula is C16H19NOS. The van der Waals surface area contributed by atoms with Crippen LogP contribution in [0.2, 0.25) is 0 Å². The zero-order valence-corrected chi connectivity index (χ0v) is 12.1. The van der Waals surface area contributed by atoms with Gasteiger partial charge in [0.05, 0.1) is 5.69 Å². The van der Waals surface area contributed by atoms with Crippen LogP contribution in [-0.4, -0.2) is 5.16 Å². The number of aryl methyl sites for hydroxylation is 2. The molecule has 3 rings (SSSR count). The highest BCUT2D eigenvalue weighted by Gasteiger charge is 2.18. The van der Waals surface area contributed by atoms with Gasteiger partial charge in [-0.2, -0.15) is 11.8 Å². The standard InChI is InChI=1S/C16H19NOS/c1-12-6-2-3-7-13(12)10-19-11-15-14-8-4-5-9-16(14)18-17-15/h2-3,6-7H,4-5,8-11H2,1H3. The highest BCUT2D eigenvalue weighted by molar-refractivity contribution is 7.97. The fourth-order valence-electron chi connectivity index (χ4n) is 2.59. The number of fused-ring (bicyclic) bond motifs is 1. The van der Waals surface area contributed by atoms with Crippen LogP contribution in [0.1, 0.15) is 41.0 Å². The summed E-state index contributed by atoms with van der Waals surface area (Å²) in [5.41, 5.74) is 5.36. The van der Waals surface area contributed by atoms with Crippen molar-refractivity contribution >= 4 is 11.8 Å². The van der Waals surface area contributed by atoms with Crippen LogP contribution in [-0.2, 0) is 24.3 Å². The SMILES string of the molecule is Cc1ccccc1CSCc1noc2c1CCCC2. The molecule has 1 heterocycles. The van der Waals surface area contributed by atoms with Gasteiger partial charge in [-0.05, 0) is 37.3 Å². The molecule has 0 bridgehead atoms. The minimum atomic E-state index is 0.965. The van der Waals surface area contributed by atoms with E-state index < -0.39 is 0 Å². The zero-order valence-electron chi connectivity index (χ0n) is 11.3. The molecule has 0 amide bonds. The van der Waals surface area contributed by atoms with Crippen molar-refractivity contribution in [3.63, 3.8) is 0 Å². The van der Waals surface area contributed by atoms with Crippen LogP contribution in [0.5, 0.6) is 0 Å². The smallest absolute Gasteiger partial charge is 0.140 e. The first-order valence-electron chi connectivity index (χ1n) is 6.93. The minimum absolute atomic E-state index is 0.965. The van der Waals surface area contributed by atoms with Crippen molar-refractivity contribution in [3.05, 3.63) is 52.4 Å². The molecule has 1 aromatic carbocycles. The van der Waals surface area contributed by atoms with Crippen LogP contribution < -0.4 is 0 Å². The molecule has 1 aromatic heterocycles. The summed E-state index contributed by atoms with van der Waals surface area (Å²) in [6.07, 6.45) is 4.76. The van der Waals surface area contributed by atoms with Gasteiger partial charge < -0.3 is 4.52 Å². The van der Waals surface area contributed by atoms with E-state index in [1.165, 1.54) is 35.2 Å². The van der Waals surface area contributed by atoms with Gasteiger partial charge in [-0.25, -0.2) is 0 Å². The molecule has 2 nitrogen and oxygen atoms in total. The van der Waals surface area contributed by atoms with Gasteiger partial charge in [0, 0.05) is 23.5 Å². The summed E-state index contributed by atoms with van der Waals surface area (Å²) >= 11 is 1.93. The van der Waals surface area contributed by atoms with Crippen molar-refractivity contribution < 1.29 is 4.52 Å². The van der Waals surface area contributed by atoms with Crippen LogP contribution in [0.4, 0.5) is 0 Å². The first kappa shape index (κ1) is 12.8. The normalized spacial score (nSPS) is 14.4. The third-order valence-corrected chi connectivity index (χ3v) is 4.78. The van der Waals surface area contributed by atoms with Crippen LogP contribution in [0.3, 0.4) is 0 Å². The van der Waals surface area contributed by atoms with Gasteiger partial charge in [0.2, 0.25) is 0 Å². The summed E-state index contributed by atoms with van der Waals surface area (Å²) in [7, 11) is 0. The highest BCUT2D eigenvalue weighted by atomic mass is 32.2. The van der Waals surface area contributed by atoms with E-state index in [2.05, 4.69) is 36.3 Å². The second kappa shape index (κ2) is 5.83. The van der Waals surface area contributed by atoms with E-state index in [-0.39, 0.29) is 0 Å². The lowest BCUT2D eigenvalue weighted by Crippen LogP contribution is -2.01. The van der Waals surface area contributed by atoms with Gasteiger partial charge in [0.15, 0.2) is 0 Å². The van der Waals surface area contributed by atoms with Crippen molar-refractivity contribution in [3.8, 4) is 0 Å². The molecule has 0 atom stereocenters. The molecule has 0 N–H and O–H groups in total. The number of benzene rings is 1. The van der Waals surface area contributed by atoms with Crippen molar-refractivity contribution in [2.75, 3.05) is 0 Å². The van der Waals surface area contributed by atoms with E-state index in [1.807, 2.05) is 11.8 Å². The van der Waals surface area contributed by atoms with Gasteiger partial charge in [-0.3, -0.25) is 0 Å². The van der Waals surface area contributed by atoms with Gasteiger partial charge >= 0.3 is 0 Å². The Hall–Kier alpha value is -1.22. The lowest BCUT2D eigenvalue weighted by atomic mass is 9.97. The second-order valence-electron chi connectivity index (χ2n) is 5.16. The van der Waals surface area contributed by atoms with E-state index >= 15 is 0 Å². The Balaban J connectivity index is 1.61. The lowest BCUT2D eigenvalue weighted by molar-refractivity contribution is 0.369. The van der Waals surface area contributed by atoms with Crippen molar-refractivity contribution in [1.29, 1.82) is 0 Å². The summed E-state index contributed by atoms with van der Waals surface area (Å²) in [5, 5.41) is 4.26. The summed E-state index contributed by atoms with van der Waals surface area (Å²) in [6.45, 7) is 2.17. The Kier molecular flexibility index (Phi) is 3.92. The van der Waals surface area contributed by atoms with Crippen molar-refractivity contribution in [2.24, 2.45) is 0 Å². The molecular weight excluding hydrogens is 254 g/mol. The van der Waals surface area contributed by atoms with Gasteiger partial charge in [-0.15, -0.1) is 0 Å². The Bertz CT molecular complexity index is 562. The highest BCUT2D eigenvalue weighted by Crippen LogP contribution is 2.28. The Morgan fingerprint density at radius 2 is 2.00 bits per heavy atom. The van der Waals surface area contributed by atoms with E-state index in [1.54, 1.807) is 0 Å². The van der Waals surface area contributed by atoms with E-state index in [0.717, 1.165) is 30.1 Å². The monoisotopic (exact) mass is 273 g/mol. The van der Waals surface area contributed by atoms with Crippen molar-refractivity contribution in [2.45, 2.75) is 44.1 Å². The first-order valence-corrected chi connectivity index (χ1v) is 8.08. The first-order chi connectivity index (χ1) is 9.34. The molecule has 0 radical (unpaired) electrons. The molecule has 0 unspecified atom stereocenters. The third kappa shape index (κ3) is 2.86. The number of hydrogen-bond donors (Lipinski definition) is 0. The average molecular weight is 273 g/mol. The molecule has 19 heavy (non-hydrogen) atoms. The fraction of sp³-hybridized carbons (Fsp3) is 0.438. The molecule has 0 saturated carbocycles. The topological polar surface area (TPSA) is 26.0 Å². The quantitative estimate of drug-likeness (QED) is 0.831. The molecule has 1 aliphatic rings. The summed E-state index contributed by atoms with van der Waals surface area (Å²) < 4.78 is 5.45. The summed E-state index contributed by atoms with van der Waals surface area (Å²) in [5.74, 6) is 3.15.